The van der Waals surface area contributed by atoms with E-state index in [1.165, 1.54) is 0 Å². The number of nitrogens with one attached hydrogen (secondary N) is 1. The first-order chi connectivity index (χ1) is 12.1. The molecule has 7 nitrogen and oxygen atoms in total. The smallest absolute Gasteiger partial charge is 0.271 e. The zero-order chi connectivity index (χ0) is 17.8. The van der Waals surface area contributed by atoms with Gasteiger partial charge in [-0.05, 0) is 36.6 Å². The molecule has 1 aromatic carbocycles. The molecule has 3 rings (SSSR count). The van der Waals surface area contributed by atoms with Crippen LogP contribution in [0.15, 0.2) is 36.5 Å². The van der Waals surface area contributed by atoms with Crippen molar-refractivity contribution in [3.8, 4) is 0 Å². The van der Waals surface area contributed by atoms with Crippen LogP contribution in [0.25, 0.3) is 0 Å². The molecule has 7 heteroatoms. The zero-order valence-corrected chi connectivity index (χ0v) is 14.2. The predicted octanol–water partition coefficient (Wildman–Crippen LogP) is 1.21. The fourth-order valence-electron chi connectivity index (χ4n) is 3.13. The highest BCUT2D eigenvalue weighted by Gasteiger charge is 2.26. The van der Waals surface area contributed by atoms with Gasteiger partial charge in [-0.3, -0.25) is 14.3 Å². The van der Waals surface area contributed by atoms with E-state index >= 15 is 0 Å². The molecule has 2 amide bonds. The predicted molar refractivity (Wildman–Crippen MR) is 92.2 cm³/mol. The highest BCUT2D eigenvalue weighted by molar-refractivity contribution is 5.94. The Kier molecular flexibility index (Phi) is 5.14. The van der Waals surface area contributed by atoms with E-state index < -0.39 is 0 Å². The van der Waals surface area contributed by atoms with Crippen molar-refractivity contribution in [2.75, 3.05) is 20.1 Å². The molecule has 1 atom stereocenters. The summed E-state index contributed by atoms with van der Waals surface area (Å²) in [6.07, 6.45) is 3.58. The quantitative estimate of drug-likeness (QED) is 0.874. The number of hydrogen-bond acceptors (Lipinski definition) is 4. The molecule has 1 unspecified atom stereocenters. The normalized spacial score (nSPS) is 17.4. The van der Waals surface area contributed by atoms with E-state index in [2.05, 4.69) is 10.4 Å². The largest absolute Gasteiger partial charge is 0.392 e. The SMILES string of the molecule is CNC(=O)c1ccn(C2CCCN(C(=O)c3cccc(CO)c3)C2)n1. The van der Waals surface area contributed by atoms with Crippen molar-refractivity contribution in [2.45, 2.75) is 25.5 Å². The lowest BCUT2D eigenvalue weighted by Gasteiger charge is -2.33. The number of benzene rings is 1. The van der Waals surface area contributed by atoms with Crippen LogP contribution in [0.5, 0.6) is 0 Å². The number of likely N-dealkylation sites (tertiary alicyclic amines) is 1. The zero-order valence-electron chi connectivity index (χ0n) is 14.2. The minimum Gasteiger partial charge on any atom is -0.392 e. The number of piperidine rings is 1. The Balaban J connectivity index is 1.73. The van der Waals surface area contributed by atoms with Crippen LogP contribution in [0, 0.1) is 0 Å². The number of rotatable bonds is 4. The molecule has 132 valence electrons. The third-order valence-electron chi connectivity index (χ3n) is 4.48. The molecule has 0 bridgehead atoms. The Bertz CT molecular complexity index is 771. The summed E-state index contributed by atoms with van der Waals surface area (Å²) in [6.45, 7) is 1.17. The van der Waals surface area contributed by atoms with E-state index in [1.807, 2.05) is 4.90 Å². The highest BCUT2D eigenvalue weighted by atomic mass is 16.3. The van der Waals surface area contributed by atoms with Gasteiger partial charge in [-0.1, -0.05) is 12.1 Å². The van der Waals surface area contributed by atoms with Gasteiger partial charge in [-0.25, -0.2) is 0 Å². The summed E-state index contributed by atoms with van der Waals surface area (Å²) < 4.78 is 1.77. The lowest BCUT2D eigenvalue weighted by molar-refractivity contribution is 0.0671. The summed E-state index contributed by atoms with van der Waals surface area (Å²) in [6, 6.07) is 8.80. The number of nitrogens with zero attached hydrogens (tertiary/aromatic N) is 3. The van der Waals surface area contributed by atoms with E-state index in [0.717, 1.165) is 18.4 Å². The van der Waals surface area contributed by atoms with Crippen LogP contribution in [-0.4, -0.2) is 51.7 Å². The summed E-state index contributed by atoms with van der Waals surface area (Å²) in [5, 5.41) is 16.1. The minimum absolute atomic E-state index is 0.0429. The first kappa shape index (κ1) is 17.2. The summed E-state index contributed by atoms with van der Waals surface area (Å²) in [5.74, 6) is -0.262. The van der Waals surface area contributed by atoms with Gasteiger partial charge in [0.15, 0.2) is 0 Å². The average molecular weight is 342 g/mol. The second-order valence-corrected chi connectivity index (χ2v) is 6.17. The fraction of sp³-hybridized carbons (Fsp3) is 0.389. The number of aliphatic hydroxyl groups is 1. The van der Waals surface area contributed by atoms with Gasteiger partial charge in [-0.2, -0.15) is 5.10 Å². The first-order valence-corrected chi connectivity index (χ1v) is 8.38. The van der Waals surface area contributed by atoms with Crippen molar-refractivity contribution >= 4 is 11.8 Å². The Morgan fingerprint density at radius 2 is 2.20 bits per heavy atom. The number of carbonyl (C=O) groups excluding carboxylic acids is 2. The molecule has 1 saturated heterocycles. The Labute approximate surface area is 146 Å². The standard InChI is InChI=1S/C18H22N4O3/c1-19-17(24)16-7-9-22(20-16)15-6-3-8-21(11-15)18(25)14-5-2-4-13(10-14)12-23/h2,4-5,7,9-10,15,23H,3,6,8,11-12H2,1H3,(H,19,24). The number of carbonyl (C=O) groups is 2. The van der Waals surface area contributed by atoms with Crippen LogP contribution in [-0.2, 0) is 6.61 Å². The Morgan fingerprint density at radius 1 is 1.36 bits per heavy atom. The van der Waals surface area contributed by atoms with Crippen LogP contribution >= 0.6 is 0 Å². The number of hydrogen-bond donors (Lipinski definition) is 2. The van der Waals surface area contributed by atoms with Crippen molar-refractivity contribution in [3.05, 3.63) is 53.3 Å². The van der Waals surface area contributed by atoms with Crippen LogP contribution < -0.4 is 5.32 Å². The lowest BCUT2D eigenvalue weighted by atomic mass is 10.0. The van der Waals surface area contributed by atoms with Crippen molar-refractivity contribution < 1.29 is 14.7 Å². The summed E-state index contributed by atoms with van der Waals surface area (Å²) in [5.41, 5.74) is 1.68. The van der Waals surface area contributed by atoms with Crippen LogP contribution in [0.2, 0.25) is 0 Å². The maximum Gasteiger partial charge on any atom is 0.271 e. The van der Waals surface area contributed by atoms with Crippen molar-refractivity contribution in [3.63, 3.8) is 0 Å². The number of amides is 2. The van der Waals surface area contributed by atoms with Gasteiger partial charge in [0, 0.05) is 31.9 Å². The molecule has 1 aromatic heterocycles. The van der Waals surface area contributed by atoms with Crippen LogP contribution in [0.1, 0.15) is 45.3 Å². The van der Waals surface area contributed by atoms with Crippen molar-refractivity contribution in [2.24, 2.45) is 0 Å². The maximum absolute atomic E-state index is 12.8. The monoisotopic (exact) mass is 342 g/mol. The molecular weight excluding hydrogens is 320 g/mol. The number of aromatic nitrogens is 2. The van der Waals surface area contributed by atoms with E-state index in [1.54, 1.807) is 48.3 Å². The average Bonchev–Trinajstić information content (AvgIpc) is 3.17. The molecule has 2 N–H and O–H groups in total. The molecule has 2 heterocycles. The fourth-order valence-corrected chi connectivity index (χ4v) is 3.13. The summed E-state index contributed by atoms with van der Waals surface area (Å²) in [7, 11) is 1.57. The lowest BCUT2D eigenvalue weighted by Crippen LogP contribution is -2.41. The van der Waals surface area contributed by atoms with Gasteiger partial charge in [0.2, 0.25) is 0 Å². The molecule has 0 aliphatic carbocycles. The number of aliphatic hydroxyl groups excluding tert-OH is 1. The van der Waals surface area contributed by atoms with Gasteiger partial charge >= 0.3 is 0 Å². The molecule has 0 spiro atoms. The first-order valence-electron chi connectivity index (χ1n) is 8.38. The summed E-state index contributed by atoms with van der Waals surface area (Å²) >= 11 is 0. The van der Waals surface area contributed by atoms with Gasteiger partial charge in [0.25, 0.3) is 11.8 Å². The summed E-state index contributed by atoms with van der Waals surface area (Å²) in [4.78, 5) is 26.2. The van der Waals surface area contributed by atoms with Gasteiger partial charge < -0.3 is 15.3 Å². The van der Waals surface area contributed by atoms with Crippen LogP contribution in [0.4, 0.5) is 0 Å². The molecule has 1 aliphatic heterocycles. The third kappa shape index (κ3) is 3.71. The maximum atomic E-state index is 12.8. The van der Waals surface area contributed by atoms with Gasteiger partial charge in [0.05, 0.1) is 12.6 Å². The second-order valence-electron chi connectivity index (χ2n) is 6.17. The van der Waals surface area contributed by atoms with E-state index in [-0.39, 0.29) is 24.5 Å². The molecule has 1 aliphatic rings. The topological polar surface area (TPSA) is 87.5 Å². The van der Waals surface area contributed by atoms with Gasteiger partial charge in [-0.15, -0.1) is 0 Å². The molecule has 1 fully saturated rings. The van der Waals surface area contributed by atoms with Gasteiger partial charge in [0.1, 0.15) is 5.69 Å². The van der Waals surface area contributed by atoms with E-state index in [9.17, 15) is 14.7 Å². The molecular formula is C18H22N4O3. The van der Waals surface area contributed by atoms with Crippen molar-refractivity contribution in [1.82, 2.24) is 20.0 Å². The minimum atomic E-state index is -0.219. The van der Waals surface area contributed by atoms with E-state index in [0.29, 0.717) is 24.3 Å². The van der Waals surface area contributed by atoms with Crippen LogP contribution in [0.3, 0.4) is 0 Å². The highest BCUT2D eigenvalue weighted by Crippen LogP contribution is 2.23. The van der Waals surface area contributed by atoms with E-state index in [4.69, 9.17) is 0 Å². The van der Waals surface area contributed by atoms with Crippen molar-refractivity contribution in [1.29, 1.82) is 0 Å². The second kappa shape index (κ2) is 7.48. The molecule has 25 heavy (non-hydrogen) atoms. The Morgan fingerprint density at radius 3 is 2.96 bits per heavy atom. The molecule has 2 aromatic rings. The third-order valence-corrected chi connectivity index (χ3v) is 4.48. The Hall–Kier alpha value is -2.67. The molecule has 0 saturated carbocycles. The molecule has 0 radical (unpaired) electrons.